The molecule has 2 rings (SSSR count). The van der Waals surface area contributed by atoms with Gasteiger partial charge >= 0.3 is 0 Å². The molecule has 0 radical (unpaired) electrons. The Labute approximate surface area is 91.7 Å². The van der Waals surface area contributed by atoms with Crippen molar-refractivity contribution in [1.82, 2.24) is 9.78 Å². The van der Waals surface area contributed by atoms with Crippen LogP contribution in [0.15, 0.2) is 36.7 Å². The number of nitrogens with zero attached hydrogens (tertiary/aromatic N) is 2. The van der Waals surface area contributed by atoms with Crippen molar-refractivity contribution >= 4 is 15.9 Å². The van der Waals surface area contributed by atoms with Crippen molar-refractivity contribution in [2.75, 3.05) is 0 Å². The Kier molecular flexibility index (Phi) is 2.68. The lowest BCUT2D eigenvalue weighted by atomic mass is 10.1. The lowest BCUT2D eigenvalue weighted by Crippen LogP contribution is -1.97. The van der Waals surface area contributed by atoms with Crippen LogP contribution in [0.1, 0.15) is 11.1 Å². The van der Waals surface area contributed by atoms with Crippen LogP contribution in [-0.4, -0.2) is 9.78 Å². The molecule has 1 aromatic heterocycles. The van der Waals surface area contributed by atoms with Crippen LogP contribution >= 0.6 is 15.9 Å². The second kappa shape index (κ2) is 3.96. The van der Waals surface area contributed by atoms with E-state index in [1.807, 2.05) is 16.9 Å². The third-order valence-electron chi connectivity index (χ3n) is 2.17. The SMILES string of the molecule is Cc1cc(CBr)ccc1-n1cccn1. The summed E-state index contributed by atoms with van der Waals surface area (Å²) >= 11 is 3.44. The molecule has 0 fully saturated rings. The van der Waals surface area contributed by atoms with Gasteiger partial charge in [-0.15, -0.1) is 0 Å². The van der Waals surface area contributed by atoms with Crippen molar-refractivity contribution < 1.29 is 0 Å². The molecular formula is C11H11BrN2. The van der Waals surface area contributed by atoms with Crippen LogP contribution in [0.25, 0.3) is 5.69 Å². The van der Waals surface area contributed by atoms with Crippen molar-refractivity contribution in [1.29, 1.82) is 0 Å². The van der Waals surface area contributed by atoms with Crippen LogP contribution in [-0.2, 0) is 5.33 Å². The first kappa shape index (κ1) is 9.46. The van der Waals surface area contributed by atoms with Crippen LogP contribution in [0, 0.1) is 6.92 Å². The van der Waals surface area contributed by atoms with Crippen LogP contribution in [0.5, 0.6) is 0 Å². The minimum Gasteiger partial charge on any atom is -0.241 e. The Balaban J connectivity index is 2.46. The van der Waals surface area contributed by atoms with E-state index in [1.54, 1.807) is 6.20 Å². The van der Waals surface area contributed by atoms with Crippen LogP contribution in [0.4, 0.5) is 0 Å². The summed E-state index contributed by atoms with van der Waals surface area (Å²) in [6, 6.07) is 8.31. The minimum absolute atomic E-state index is 0.896. The molecular weight excluding hydrogens is 240 g/mol. The molecule has 1 aromatic carbocycles. The Hall–Kier alpha value is -1.09. The number of aromatic nitrogens is 2. The highest BCUT2D eigenvalue weighted by Crippen LogP contribution is 2.16. The van der Waals surface area contributed by atoms with Crippen molar-refractivity contribution in [3.8, 4) is 5.69 Å². The molecule has 0 N–H and O–H groups in total. The number of benzene rings is 1. The highest BCUT2D eigenvalue weighted by atomic mass is 79.9. The summed E-state index contributed by atoms with van der Waals surface area (Å²) in [5.74, 6) is 0. The molecule has 0 spiro atoms. The monoisotopic (exact) mass is 250 g/mol. The first-order valence-electron chi connectivity index (χ1n) is 4.47. The van der Waals surface area contributed by atoms with Gasteiger partial charge in [0, 0.05) is 17.7 Å². The molecule has 0 aliphatic carbocycles. The van der Waals surface area contributed by atoms with Crippen molar-refractivity contribution in [2.24, 2.45) is 0 Å². The van der Waals surface area contributed by atoms with Gasteiger partial charge in [-0.1, -0.05) is 28.1 Å². The van der Waals surface area contributed by atoms with E-state index in [9.17, 15) is 0 Å². The van der Waals surface area contributed by atoms with Gasteiger partial charge in [-0.3, -0.25) is 0 Å². The van der Waals surface area contributed by atoms with E-state index in [0.29, 0.717) is 0 Å². The molecule has 2 aromatic rings. The maximum Gasteiger partial charge on any atom is 0.0674 e. The van der Waals surface area contributed by atoms with Gasteiger partial charge in [-0.25, -0.2) is 4.68 Å². The summed E-state index contributed by atoms with van der Waals surface area (Å²) in [6.07, 6.45) is 3.74. The zero-order valence-corrected chi connectivity index (χ0v) is 9.53. The molecule has 14 heavy (non-hydrogen) atoms. The minimum atomic E-state index is 0.896. The third-order valence-corrected chi connectivity index (χ3v) is 2.81. The highest BCUT2D eigenvalue weighted by molar-refractivity contribution is 9.08. The predicted molar refractivity (Wildman–Crippen MR) is 60.9 cm³/mol. The number of aryl methyl sites for hydroxylation is 1. The van der Waals surface area contributed by atoms with Gasteiger partial charge in [0.15, 0.2) is 0 Å². The van der Waals surface area contributed by atoms with Gasteiger partial charge in [0.25, 0.3) is 0 Å². The first-order valence-corrected chi connectivity index (χ1v) is 5.59. The average Bonchev–Trinajstić information content (AvgIpc) is 2.70. The molecule has 72 valence electrons. The molecule has 1 heterocycles. The maximum absolute atomic E-state index is 4.21. The fourth-order valence-electron chi connectivity index (χ4n) is 1.47. The standard InChI is InChI=1S/C11H11BrN2/c1-9-7-10(8-12)3-4-11(9)14-6-2-5-13-14/h2-7H,8H2,1H3. The quantitative estimate of drug-likeness (QED) is 0.750. The Bertz CT molecular complexity index is 421. The van der Waals surface area contributed by atoms with Gasteiger partial charge in [-0.2, -0.15) is 5.10 Å². The summed E-state index contributed by atoms with van der Waals surface area (Å²) in [4.78, 5) is 0. The normalized spacial score (nSPS) is 10.4. The molecule has 3 heteroatoms. The first-order chi connectivity index (χ1) is 6.81. The van der Waals surface area contributed by atoms with E-state index in [4.69, 9.17) is 0 Å². The smallest absolute Gasteiger partial charge is 0.0674 e. The van der Waals surface area contributed by atoms with E-state index < -0.39 is 0 Å². The number of rotatable bonds is 2. The van der Waals surface area contributed by atoms with Gasteiger partial charge in [0.2, 0.25) is 0 Å². The van der Waals surface area contributed by atoms with E-state index in [2.05, 4.69) is 46.2 Å². The molecule has 0 aliphatic heterocycles. The number of hydrogen-bond acceptors (Lipinski definition) is 1. The van der Waals surface area contributed by atoms with Crippen LogP contribution in [0.2, 0.25) is 0 Å². The van der Waals surface area contributed by atoms with Crippen LogP contribution < -0.4 is 0 Å². The second-order valence-corrected chi connectivity index (χ2v) is 3.77. The third kappa shape index (κ3) is 1.73. The molecule has 0 saturated heterocycles. The molecule has 0 saturated carbocycles. The predicted octanol–water partition coefficient (Wildman–Crippen LogP) is 3.08. The highest BCUT2D eigenvalue weighted by Gasteiger charge is 2.01. The van der Waals surface area contributed by atoms with Gasteiger partial charge in [0.05, 0.1) is 5.69 Å². The average molecular weight is 251 g/mol. The number of alkyl halides is 1. The lowest BCUT2D eigenvalue weighted by Gasteiger charge is -2.06. The van der Waals surface area contributed by atoms with E-state index in [0.717, 1.165) is 11.0 Å². The van der Waals surface area contributed by atoms with Gasteiger partial charge < -0.3 is 0 Å². The topological polar surface area (TPSA) is 17.8 Å². The van der Waals surface area contributed by atoms with Crippen LogP contribution in [0.3, 0.4) is 0 Å². The molecule has 0 amide bonds. The second-order valence-electron chi connectivity index (χ2n) is 3.21. The summed E-state index contributed by atoms with van der Waals surface area (Å²) in [5, 5.41) is 5.10. The molecule has 0 unspecified atom stereocenters. The van der Waals surface area contributed by atoms with Crippen molar-refractivity contribution in [3.63, 3.8) is 0 Å². The Morgan fingerprint density at radius 2 is 2.29 bits per heavy atom. The summed E-state index contributed by atoms with van der Waals surface area (Å²) in [6.45, 7) is 2.10. The Morgan fingerprint density at radius 1 is 1.43 bits per heavy atom. The van der Waals surface area contributed by atoms with E-state index >= 15 is 0 Å². The lowest BCUT2D eigenvalue weighted by molar-refractivity contribution is 0.872. The van der Waals surface area contributed by atoms with Gasteiger partial charge in [0.1, 0.15) is 0 Å². The maximum atomic E-state index is 4.21. The summed E-state index contributed by atoms with van der Waals surface area (Å²) in [5.41, 5.74) is 3.67. The summed E-state index contributed by atoms with van der Waals surface area (Å²) < 4.78 is 1.88. The molecule has 0 aliphatic rings. The zero-order valence-electron chi connectivity index (χ0n) is 7.94. The van der Waals surface area contributed by atoms with Crippen molar-refractivity contribution in [3.05, 3.63) is 47.8 Å². The van der Waals surface area contributed by atoms with Crippen molar-refractivity contribution in [2.45, 2.75) is 12.3 Å². The van der Waals surface area contributed by atoms with Gasteiger partial charge in [-0.05, 0) is 30.2 Å². The largest absolute Gasteiger partial charge is 0.241 e. The van der Waals surface area contributed by atoms with E-state index in [1.165, 1.54) is 11.1 Å². The Morgan fingerprint density at radius 3 is 2.86 bits per heavy atom. The van der Waals surface area contributed by atoms with E-state index in [-0.39, 0.29) is 0 Å². The summed E-state index contributed by atoms with van der Waals surface area (Å²) in [7, 11) is 0. The molecule has 2 nitrogen and oxygen atoms in total. The fraction of sp³-hybridized carbons (Fsp3) is 0.182. The molecule has 0 atom stereocenters. The number of hydrogen-bond donors (Lipinski definition) is 0. The fourth-order valence-corrected chi connectivity index (χ4v) is 1.82. The molecule has 0 bridgehead atoms. The zero-order chi connectivity index (χ0) is 9.97. The number of halogens is 1.